The third-order valence-electron chi connectivity index (χ3n) is 2.98. The maximum Gasteiger partial charge on any atom is 0.416 e. The summed E-state index contributed by atoms with van der Waals surface area (Å²) in [5.74, 6) is 0.521. The predicted octanol–water partition coefficient (Wildman–Crippen LogP) is 2.88. The van der Waals surface area contributed by atoms with Gasteiger partial charge in [-0.05, 0) is 18.2 Å². The Bertz CT molecular complexity index is 561. The number of hydrogen-bond donors (Lipinski definition) is 0. The number of alkyl halides is 3. The van der Waals surface area contributed by atoms with Gasteiger partial charge in [-0.25, -0.2) is 4.79 Å². The van der Waals surface area contributed by atoms with Crippen LogP contribution in [0.1, 0.15) is 12.5 Å². The third-order valence-corrected chi connectivity index (χ3v) is 2.98. The molecule has 1 aromatic rings. The van der Waals surface area contributed by atoms with Crippen molar-refractivity contribution in [2.45, 2.75) is 13.1 Å². The van der Waals surface area contributed by atoms with Crippen LogP contribution in [0.3, 0.4) is 0 Å². The number of rotatable bonds is 1. The highest BCUT2D eigenvalue weighted by molar-refractivity contribution is 6.13. The number of anilines is 1. The molecule has 1 aromatic carbocycles. The summed E-state index contributed by atoms with van der Waals surface area (Å²) in [6.07, 6.45) is -4.45. The molecule has 0 saturated heterocycles. The molecule has 0 aliphatic carbocycles. The molecule has 7 heteroatoms. The Kier molecular flexibility index (Phi) is 4.98. The first-order valence-corrected chi connectivity index (χ1v) is 6.25. The molecule has 2 amide bonds. The van der Waals surface area contributed by atoms with E-state index in [1.807, 2.05) is 0 Å². The van der Waals surface area contributed by atoms with Gasteiger partial charge >= 0.3 is 12.2 Å². The van der Waals surface area contributed by atoms with Gasteiger partial charge in [0.1, 0.15) is 5.69 Å². The van der Waals surface area contributed by atoms with Crippen LogP contribution in [0.15, 0.2) is 24.3 Å². The SMILES string of the molecule is CC(N(C(=O)N(C)C)c1cccc(C(F)(F)F)c1)=[N+](C)C. The molecule has 0 heterocycles. The molecule has 0 fully saturated rings. The standard InChI is InChI=1S/C14H19F3N3O/c1-10(18(2)3)20(13(21)19(4)5)12-8-6-7-11(9-12)14(15,16)17/h6-9H,1-5H3/q+1. The molecule has 0 atom stereocenters. The van der Waals surface area contributed by atoms with Crippen molar-refractivity contribution in [1.29, 1.82) is 0 Å². The largest absolute Gasteiger partial charge is 0.416 e. The summed E-state index contributed by atoms with van der Waals surface area (Å²) in [6, 6.07) is 4.29. The van der Waals surface area contributed by atoms with Crippen molar-refractivity contribution in [1.82, 2.24) is 4.90 Å². The molecular formula is C14H19F3N3O+. The highest BCUT2D eigenvalue weighted by Crippen LogP contribution is 2.31. The lowest BCUT2D eigenvalue weighted by molar-refractivity contribution is -0.465. The van der Waals surface area contributed by atoms with Gasteiger partial charge in [0, 0.05) is 21.0 Å². The monoisotopic (exact) mass is 302 g/mol. The molecule has 116 valence electrons. The fourth-order valence-corrected chi connectivity index (χ4v) is 1.66. The number of amidine groups is 1. The molecule has 0 bridgehead atoms. The highest BCUT2D eigenvalue weighted by Gasteiger charge is 2.34. The minimum Gasteiger partial charge on any atom is -0.310 e. The molecule has 0 aliphatic rings. The van der Waals surface area contributed by atoms with Crippen molar-refractivity contribution >= 4 is 17.6 Å². The molecular weight excluding hydrogens is 283 g/mol. The zero-order valence-corrected chi connectivity index (χ0v) is 12.7. The summed E-state index contributed by atoms with van der Waals surface area (Å²) in [6.45, 7) is 1.67. The van der Waals surface area contributed by atoms with Crippen molar-refractivity contribution in [3.63, 3.8) is 0 Å². The molecule has 0 aromatic heterocycles. The maximum atomic E-state index is 12.8. The molecule has 0 saturated carbocycles. The lowest BCUT2D eigenvalue weighted by Crippen LogP contribution is -2.45. The van der Waals surface area contributed by atoms with E-state index in [9.17, 15) is 18.0 Å². The van der Waals surface area contributed by atoms with Gasteiger partial charge in [0.2, 0.25) is 0 Å². The first-order valence-electron chi connectivity index (χ1n) is 6.25. The Morgan fingerprint density at radius 3 is 2.19 bits per heavy atom. The number of hydrogen-bond acceptors (Lipinski definition) is 1. The van der Waals surface area contributed by atoms with Gasteiger partial charge < -0.3 is 4.90 Å². The summed E-state index contributed by atoms with van der Waals surface area (Å²) in [4.78, 5) is 14.8. The van der Waals surface area contributed by atoms with Crippen LogP contribution in [0.5, 0.6) is 0 Å². The number of amides is 2. The highest BCUT2D eigenvalue weighted by atomic mass is 19.4. The van der Waals surface area contributed by atoms with Crippen LogP contribution in [0.2, 0.25) is 0 Å². The first kappa shape index (κ1) is 17.0. The summed E-state index contributed by atoms with van der Waals surface area (Å²) >= 11 is 0. The van der Waals surface area contributed by atoms with Crippen LogP contribution < -0.4 is 4.90 Å². The zero-order chi connectivity index (χ0) is 16.4. The minimum atomic E-state index is -4.45. The quantitative estimate of drug-likeness (QED) is 0.445. The Hall–Kier alpha value is -2.05. The fraction of sp³-hybridized carbons (Fsp3) is 0.429. The van der Waals surface area contributed by atoms with E-state index >= 15 is 0 Å². The summed E-state index contributed by atoms with van der Waals surface area (Å²) in [5, 5.41) is 0. The second-order valence-electron chi connectivity index (χ2n) is 5.00. The molecule has 21 heavy (non-hydrogen) atoms. The Labute approximate surface area is 122 Å². The Morgan fingerprint density at radius 2 is 1.76 bits per heavy atom. The van der Waals surface area contributed by atoms with Crippen molar-refractivity contribution in [3.05, 3.63) is 29.8 Å². The van der Waals surface area contributed by atoms with E-state index in [2.05, 4.69) is 0 Å². The Morgan fingerprint density at radius 1 is 1.19 bits per heavy atom. The van der Waals surface area contributed by atoms with Crippen molar-refractivity contribution in [3.8, 4) is 0 Å². The number of benzene rings is 1. The van der Waals surface area contributed by atoms with Crippen LogP contribution in [0, 0.1) is 0 Å². The van der Waals surface area contributed by atoms with E-state index in [0.717, 1.165) is 12.1 Å². The van der Waals surface area contributed by atoms with E-state index in [-0.39, 0.29) is 5.69 Å². The average Bonchev–Trinajstić information content (AvgIpc) is 2.37. The van der Waals surface area contributed by atoms with Crippen molar-refractivity contribution in [2.75, 3.05) is 33.1 Å². The van der Waals surface area contributed by atoms with Crippen molar-refractivity contribution < 1.29 is 22.5 Å². The van der Waals surface area contributed by atoms with Crippen LogP contribution >= 0.6 is 0 Å². The van der Waals surface area contributed by atoms with Gasteiger partial charge in [0.05, 0.1) is 19.7 Å². The minimum absolute atomic E-state index is 0.176. The maximum absolute atomic E-state index is 12.8. The number of nitrogens with zero attached hydrogens (tertiary/aromatic N) is 3. The van der Waals surface area contributed by atoms with E-state index < -0.39 is 17.8 Å². The number of halogens is 3. The van der Waals surface area contributed by atoms with Crippen LogP contribution in [-0.4, -0.2) is 49.5 Å². The van der Waals surface area contributed by atoms with E-state index in [0.29, 0.717) is 5.84 Å². The zero-order valence-electron chi connectivity index (χ0n) is 12.7. The van der Waals surface area contributed by atoms with Gasteiger partial charge in [-0.15, -0.1) is 4.90 Å². The van der Waals surface area contributed by atoms with E-state index in [1.165, 1.54) is 21.9 Å². The molecule has 0 radical (unpaired) electrons. The van der Waals surface area contributed by atoms with Crippen LogP contribution in [-0.2, 0) is 6.18 Å². The normalized spacial score (nSPS) is 11.0. The lowest BCUT2D eigenvalue weighted by atomic mass is 10.2. The number of urea groups is 1. The van der Waals surface area contributed by atoms with Gasteiger partial charge in [-0.1, -0.05) is 6.07 Å². The van der Waals surface area contributed by atoms with Crippen LogP contribution in [0.25, 0.3) is 0 Å². The molecule has 1 rings (SSSR count). The molecule has 0 aliphatic heterocycles. The number of carbonyl (C=O) groups is 1. The molecule has 0 N–H and O–H groups in total. The molecule has 0 unspecified atom stereocenters. The second-order valence-corrected chi connectivity index (χ2v) is 5.00. The van der Waals surface area contributed by atoms with Crippen molar-refractivity contribution in [2.24, 2.45) is 0 Å². The third kappa shape index (κ3) is 3.96. The molecule has 4 nitrogen and oxygen atoms in total. The second kappa shape index (κ2) is 6.15. The van der Waals surface area contributed by atoms with Gasteiger partial charge in [0.25, 0.3) is 5.84 Å². The van der Waals surface area contributed by atoms with Gasteiger partial charge in [0.15, 0.2) is 0 Å². The lowest BCUT2D eigenvalue weighted by Gasteiger charge is -2.20. The van der Waals surface area contributed by atoms with Gasteiger partial charge in [-0.2, -0.15) is 13.2 Å². The Balaban J connectivity index is 3.41. The van der Waals surface area contributed by atoms with E-state index in [1.54, 1.807) is 39.7 Å². The predicted molar refractivity (Wildman–Crippen MR) is 75.8 cm³/mol. The average molecular weight is 302 g/mol. The van der Waals surface area contributed by atoms with E-state index in [4.69, 9.17) is 0 Å². The summed E-state index contributed by atoms with van der Waals surface area (Å²) < 4.78 is 40.1. The van der Waals surface area contributed by atoms with Crippen LogP contribution in [0.4, 0.5) is 23.7 Å². The molecule has 0 spiro atoms. The van der Waals surface area contributed by atoms with Gasteiger partial charge in [-0.3, -0.25) is 4.58 Å². The number of carbonyl (C=O) groups excluding carboxylic acids is 1. The smallest absolute Gasteiger partial charge is 0.310 e. The summed E-state index contributed by atoms with van der Waals surface area (Å²) in [5.41, 5.74) is -0.613. The summed E-state index contributed by atoms with van der Waals surface area (Å²) in [7, 11) is 6.54. The fourth-order valence-electron chi connectivity index (χ4n) is 1.66. The topological polar surface area (TPSA) is 26.6 Å². The first-order chi connectivity index (χ1) is 9.55.